The minimum Gasteiger partial charge on any atom is -0.422 e. The number of benzene rings is 1. The van der Waals surface area contributed by atoms with Crippen molar-refractivity contribution in [1.82, 2.24) is 9.80 Å². The van der Waals surface area contributed by atoms with E-state index in [0.29, 0.717) is 38.3 Å². The first-order chi connectivity index (χ1) is 13.1. The lowest BCUT2D eigenvalue weighted by Gasteiger charge is -2.35. The summed E-state index contributed by atoms with van der Waals surface area (Å²) in [5.41, 5.74) is -0.0542. The number of aliphatic hydroxyl groups is 1. The highest BCUT2D eigenvalue weighted by Crippen LogP contribution is 2.20. The number of piperazine rings is 1. The smallest absolute Gasteiger partial charge is 0.349 e. The second-order valence-corrected chi connectivity index (χ2v) is 7.59. The first-order valence-corrected chi connectivity index (χ1v) is 9.76. The molecule has 1 N–H and O–H groups in total. The molecule has 0 radical (unpaired) electrons. The SMILES string of the molecule is O=C(c1cc2ccccc2oc1=O)N1CCN(CC(O)c2cccs2)CC1. The Hall–Kier alpha value is -2.48. The molecule has 1 atom stereocenters. The molecule has 1 unspecified atom stereocenters. The van der Waals surface area contributed by atoms with Gasteiger partial charge in [-0.25, -0.2) is 4.79 Å². The van der Waals surface area contributed by atoms with E-state index in [1.165, 1.54) is 11.3 Å². The summed E-state index contributed by atoms with van der Waals surface area (Å²) >= 11 is 1.54. The van der Waals surface area contributed by atoms with Gasteiger partial charge in [0.2, 0.25) is 0 Å². The molecule has 0 spiro atoms. The molecule has 1 aliphatic heterocycles. The molecule has 0 aliphatic carbocycles. The highest BCUT2D eigenvalue weighted by atomic mass is 32.1. The van der Waals surface area contributed by atoms with Crippen LogP contribution in [-0.4, -0.2) is 53.5 Å². The molecule has 7 heteroatoms. The normalized spacial score (nSPS) is 16.6. The van der Waals surface area contributed by atoms with Crippen molar-refractivity contribution in [2.45, 2.75) is 6.10 Å². The fourth-order valence-corrected chi connectivity index (χ4v) is 4.03. The van der Waals surface area contributed by atoms with Crippen molar-refractivity contribution in [2.24, 2.45) is 0 Å². The third kappa shape index (κ3) is 3.80. The van der Waals surface area contributed by atoms with Gasteiger partial charge in [0.05, 0.1) is 0 Å². The second kappa shape index (κ2) is 7.64. The maximum Gasteiger partial charge on any atom is 0.349 e. The van der Waals surface area contributed by atoms with Crippen molar-refractivity contribution >= 4 is 28.2 Å². The summed E-state index contributed by atoms with van der Waals surface area (Å²) in [6.45, 7) is 2.89. The number of para-hydroxylation sites is 1. The third-order valence-electron chi connectivity index (χ3n) is 4.83. The topological polar surface area (TPSA) is 74.0 Å². The number of amides is 1. The molecule has 1 fully saturated rings. The largest absolute Gasteiger partial charge is 0.422 e. The Morgan fingerprint density at radius 2 is 1.93 bits per heavy atom. The van der Waals surface area contributed by atoms with Gasteiger partial charge in [0, 0.05) is 43.0 Å². The van der Waals surface area contributed by atoms with Crippen molar-refractivity contribution in [2.75, 3.05) is 32.7 Å². The molecule has 27 heavy (non-hydrogen) atoms. The molecule has 1 aliphatic rings. The average Bonchev–Trinajstić information content (AvgIpc) is 3.22. The van der Waals surface area contributed by atoms with Gasteiger partial charge in [-0.2, -0.15) is 0 Å². The molecule has 3 aromatic rings. The van der Waals surface area contributed by atoms with E-state index in [-0.39, 0.29) is 11.5 Å². The van der Waals surface area contributed by atoms with Crippen LogP contribution in [0.1, 0.15) is 21.3 Å². The molecular formula is C20H20N2O4S. The molecular weight excluding hydrogens is 364 g/mol. The lowest BCUT2D eigenvalue weighted by molar-refractivity contribution is 0.0530. The van der Waals surface area contributed by atoms with Crippen LogP contribution in [0.3, 0.4) is 0 Å². The second-order valence-electron chi connectivity index (χ2n) is 6.61. The number of rotatable bonds is 4. The van der Waals surface area contributed by atoms with Crippen LogP contribution in [0, 0.1) is 0 Å². The first-order valence-electron chi connectivity index (χ1n) is 8.88. The maximum atomic E-state index is 12.8. The Morgan fingerprint density at radius 1 is 1.15 bits per heavy atom. The van der Waals surface area contributed by atoms with Gasteiger partial charge in [0.15, 0.2) is 0 Å². The van der Waals surface area contributed by atoms with Crippen LogP contribution in [0.2, 0.25) is 0 Å². The maximum absolute atomic E-state index is 12.8. The predicted molar refractivity (Wildman–Crippen MR) is 104 cm³/mol. The van der Waals surface area contributed by atoms with Gasteiger partial charge >= 0.3 is 5.63 Å². The van der Waals surface area contributed by atoms with E-state index in [0.717, 1.165) is 10.3 Å². The number of carbonyl (C=O) groups is 1. The first kappa shape index (κ1) is 17.9. The number of fused-ring (bicyclic) bond motifs is 1. The van der Waals surface area contributed by atoms with Gasteiger partial charge in [0.1, 0.15) is 17.3 Å². The summed E-state index contributed by atoms with van der Waals surface area (Å²) in [4.78, 5) is 29.7. The van der Waals surface area contributed by atoms with Crippen molar-refractivity contribution in [3.05, 3.63) is 68.7 Å². The van der Waals surface area contributed by atoms with Crippen LogP contribution in [0.25, 0.3) is 11.0 Å². The van der Waals surface area contributed by atoms with Gasteiger partial charge in [-0.05, 0) is 23.6 Å². The van der Waals surface area contributed by atoms with Crippen LogP contribution < -0.4 is 5.63 Å². The number of aliphatic hydroxyl groups excluding tert-OH is 1. The summed E-state index contributed by atoms with van der Waals surface area (Å²) in [6, 6.07) is 12.6. The zero-order valence-electron chi connectivity index (χ0n) is 14.7. The van der Waals surface area contributed by atoms with E-state index in [4.69, 9.17) is 4.42 Å². The van der Waals surface area contributed by atoms with Gasteiger partial charge in [-0.1, -0.05) is 24.3 Å². The third-order valence-corrected chi connectivity index (χ3v) is 5.81. The Bertz CT molecular complexity index is 991. The van der Waals surface area contributed by atoms with Gasteiger partial charge in [-0.3, -0.25) is 9.69 Å². The molecule has 0 bridgehead atoms. The van der Waals surface area contributed by atoms with Gasteiger partial charge in [-0.15, -0.1) is 11.3 Å². The number of thiophene rings is 1. The van der Waals surface area contributed by atoms with E-state index in [2.05, 4.69) is 4.90 Å². The summed E-state index contributed by atoms with van der Waals surface area (Å²) in [5.74, 6) is -0.298. The van der Waals surface area contributed by atoms with Crippen LogP contribution >= 0.6 is 11.3 Å². The van der Waals surface area contributed by atoms with Crippen LogP contribution in [0.5, 0.6) is 0 Å². The standard InChI is InChI=1S/C20H20N2O4S/c23-16(18-6-3-11-27-18)13-21-7-9-22(10-8-21)19(24)15-12-14-4-1-2-5-17(14)26-20(15)25/h1-6,11-12,16,23H,7-10,13H2. The minimum absolute atomic E-state index is 0.0702. The van der Waals surface area contributed by atoms with Crippen molar-refractivity contribution < 1.29 is 14.3 Å². The molecule has 140 valence electrons. The quantitative estimate of drug-likeness (QED) is 0.699. The summed E-state index contributed by atoms with van der Waals surface area (Å²) in [5, 5.41) is 13.0. The average molecular weight is 384 g/mol. The summed E-state index contributed by atoms with van der Waals surface area (Å²) < 4.78 is 5.27. The number of hydrogen-bond acceptors (Lipinski definition) is 6. The molecule has 1 saturated heterocycles. The Labute approximate surface area is 160 Å². The molecule has 2 aromatic heterocycles. The Morgan fingerprint density at radius 3 is 2.67 bits per heavy atom. The highest BCUT2D eigenvalue weighted by molar-refractivity contribution is 7.10. The zero-order chi connectivity index (χ0) is 18.8. The van der Waals surface area contributed by atoms with Gasteiger partial charge < -0.3 is 14.4 Å². The molecule has 6 nitrogen and oxygen atoms in total. The van der Waals surface area contributed by atoms with E-state index in [9.17, 15) is 14.7 Å². The monoisotopic (exact) mass is 384 g/mol. The van der Waals surface area contributed by atoms with Crippen molar-refractivity contribution in [3.63, 3.8) is 0 Å². The summed E-state index contributed by atoms with van der Waals surface area (Å²) in [6.07, 6.45) is -0.514. The van der Waals surface area contributed by atoms with E-state index in [1.807, 2.05) is 29.6 Å². The van der Waals surface area contributed by atoms with E-state index < -0.39 is 11.7 Å². The molecule has 4 rings (SSSR count). The molecule has 1 aromatic carbocycles. The minimum atomic E-state index is -0.603. The number of hydrogen-bond donors (Lipinski definition) is 1. The number of nitrogens with zero attached hydrogens (tertiary/aromatic N) is 2. The molecule has 1 amide bonds. The predicted octanol–water partition coefficient (Wildman–Crippen LogP) is 2.35. The number of carbonyl (C=O) groups excluding carboxylic acids is 1. The lowest BCUT2D eigenvalue weighted by Crippen LogP contribution is -2.50. The van der Waals surface area contributed by atoms with E-state index in [1.54, 1.807) is 23.1 Å². The fourth-order valence-electron chi connectivity index (χ4n) is 3.33. The zero-order valence-corrected chi connectivity index (χ0v) is 15.5. The molecule has 3 heterocycles. The fraction of sp³-hybridized carbons (Fsp3) is 0.300. The van der Waals surface area contributed by atoms with E-state index >= 15 is 0 Å². The number of β-amino-alcohol motifs (C(OH)–C–C–N with tert-alkyl or cyclic N) is 1. The van der Waals surface area contributed by atoms with Crippen molar-refractivity contribution in [3.8, 4) is 0 Å². The lowest BCUT2D eigenvalue weighted by atomic mass is 10.1. The summed E-state index contributed by atoms with van der Waals surface area (Å²) in [7, 11) is 0. The Balaban J connectivity index is 1.41. The van der Waals surface area contributed by atoms with Crippen molar-refractivity contribution in [1.29, 1.82) is 0 Å². The van der Waals surface area contributed by atoms with Crippen LogP contribution in [0.15, 0.2) is 57.1 Å². The van der Waals surface area contributed by atoms with Gasteiger partial charge in [0.25, 0.3) is 5.91 Å². The molecule has 0 saturated carbocycles. The Kier molecular flexibility index (Phi) is 5.07. The van der Waals surface area contributed by atoms with Crippen LogP contribution in [-0.2, 0) is 0 Å². The highest BCUT2D eigenvalue weighted by Gasteiger charge is 2.26. The van der Waals surface area contributed by atoms with Crippen LogP contribution in [0.4, 0.5) is 0 Å².